The van der Waals surface area contributed by atoms with Crippen molar-refractivity contribution in [3.8, 4) is 5.75 Å². The van der Waals surface area contributed by atoms with Gasteiger partial charge in [-0.1, -0.05) is 6.07 Å². The molecule has 6 heteroatoms. The zero-order valence-electron chi connectivity index (χ0n) is 14.2. The molecule has 0 spiro atoms. The van der Waals surface area contributed by atoms with Gasteiger partial charge in [0, 0.05) is 22.5 Å². The first-order valence-corrected chi connectivity index (χ1v) is 7.99. The summed E-state index contributed by atoms with van der Waals surface area (Å²) in [6.45, 7) is 1.66. The standard InChI is InChI=1S/C20H15FN2O3/c1-11-3-5-14(9-16(11)21)22-19(24)18-8-13-7-12-4-6-15(25-2)10-17(12)23-20(13)26-18/h3-10H,1-2H3,(H,22,24). The number of anilines is 1. The first kappa shape index (κ1) is 16.1. The summed E-state index contributed by atoms with van der Waals surface area (Å²) in [5, 5.41) is 4.25. The lowest BCUT2D eigenvalue weighted by Gasteiger charge is -2.04. The highest BCUT2D eigenvalue weighted by Crippen LogP contribution is 2.26. The minimum absolute atomic E-state index is 0.107. The van der Waals surface area contributed by atoms with Crippen LogP contribution in [0, 0.1) is 12.7 Å². The van der Waals surface area contributed by atoms with E-state index >= 15 is 0 Å². The van der Waals surface area contributed by atoms with E-state index in [1.54, 1.807) is 38.3 Å². The Morgan fingerprint density at radius 1 is 1.12 bits per heavy atom. The lowest BCUT2D eigenvalue weighted by atomic mass is 10.2. The van der Waals surface area contributed by atoms with E-state index in [1.165, 1.54) is 6.07 Å². The molecule has 2 heterocycles. The first-order chi connectivity index (χ1) is 12.5. The first-order valence-electron chi connectivity index (χ1n) is 7.99. The molecule has 2 aromatic heterocycles. The number of ether oxygens (including phenoxy) is 1. The predicted octanol–water partition coefficient (Wildman–Crippen LogP) is 4.69. The van der Waals surface area contributed by atoms with Gasteiger partial charge in [-0.3, -0.25) is 4.79 Å². The monoisotopic (exact) mass is 350 g/mol. The molecule has 0 radical (unpaired) electrons. The molecule has 0 aliphatic carbocycles. The number of rotatable bonds is 3. The highest BCUT2D eigenvalue weighted by atomic mass is 19.1. The molecule has 0 unspecified atom stereocenters. The van der Waals surface area contributed by atoms with Gasteiger partial charge in [-0.05, 0) is 48.9 Å². The number of carbonyl (C=O) groups is 1. The van der Waals surface area contributed by atoms with Crippen molar-refractivity contribution in [1.29, 1.82) is 0 Å². The van der Waals surface area contributed by atoms with E-state index in [-0.39, 0.29) is 11.6 Å². The summed E-state index contributed by atoms with van der Waals surface area (Å²) in [6, 6.07) is 13.6. The number of benzene rings is 2. The Morgan fingerprint density at radius 2 is 1.96 bits per heavy atom. The highest BCUT2D eigenvalue weighted by Gasteiger charge is 2.15. The smallest absolute Gasteiger partial charge is 0.291 e. The summed E-state index contributed by atoms with van der Waals surface area (Å²) in [6.07, 6.45) is 0. The van der Waals surface area contributed by atoms with Gasteiger partial charge in [0.2, 0.25) is 5.71 Å². The second-order valence-electron chi connectivity index (χ2n) is 5.97. The third kappa shape index (κ3) is 2.86. The van der Waals surface area contributed by atoms with Gasteiger partial charge < -0.3 is 14.5 Å². The lowest BCUT2D eigenvalue weighted by molar-refractivity contribution is 0.0998. The van der Waals surface area contributed by atoms with Crippen molar-refractivity contribution >= 4 is 33.6 Å². The van der Waals surface area contributed by atoms with Crippen LogP contribution >= 0.6 is 0 Å². The summed E-state index contributed by atoms with van der Waals surface area (Å²) in [5.74, 6) is -0.0480. The molecular weight excluding hydrogens is 335 g/mol. The number of furan rings is 1. The van der Waals surface area contributed by atoms with Crippen molar-refractivity contribution in [2.24, 2.45) is 0 Å². The molecule has 0 saturated carbocycles. The molecule has 26 heavy (non-hydrogen) atoms. The average Bonchev–Trinajstić information content (AvgIpc) is 3.05. The molecular formula is C20H15FN2O3. The fourth-order valence-electron chi connectivity index (χ4n) is 2.71. The van der Waals surface area contributed by atoms with Crippen molar-refractivity contribution in [1.82, 2.24) is 4.98 Å². The van der Waals surface area contributed by atoms with Crippen LogP contribution in [0.1, 0.15) is 16.1 Å². The largest absolute Gasteiger partial charge is 0.497 e. The van der Waals surface area contributed by atoms with E-state index in [2.05, 4.69) is 10.3 Å². The van der Waals surface area contributed by atoms with Crippen molar-refractivity contribution in [2.75, 3.05) is 12.4 Å². The molecule has 130 valence electrons. The number of nitrogens with one attached hydrogen (secondary N) is 1. The molecule has 0 fully saturated rings. The molecule has 4 rings (SSSR count). The van der Waals surface area contributed by atoms with Crippen molar-refractivity contribution in [3.05, 3.63) is 65.7 Å². The van der Waals surface area contributed by atoms with Gasteiger partial charge in [0.15, 0.2) is 5.76 Å². The van der Waals surface area contributed by atoms with Gasteiger partial charge in [-0.25, -0.2) is 9.37 Å². The SMILES string of the molecule is COc1ccc2cc3cc(C(=O)Nc4ccc(C)c(F)c4)oc3nc2c1. The van der Waals surface area contributed by atoms with Crippen LogP contribution in [0.25, 0.3) is 22.0 Å². The summed E-state index contributed by atoms with van der Waals surface area (Å²) >= 11 is 0. The van der Waals surface area contributed by atoms with Crippen molar-refractivity contribution in [3.63, 3.8) is 0 Å². The minimum atomic E-state index is -0.465. The van der Waals surface area contributed by atoms with Gasteiger partial charge in [0.05, 0.1) is 12.6 Å². The van der Waals surface area contributed by atoms with Crippen LogP contribution in [0.15, 0.2) is 52.9 Å². The minimum Gasteiger partial charge on any atom is -0.497 e. The molecule has 0 bridgehead atoms. The van der Waals surface area contributed by atoms with E-state index in [1.807, 2.05) is 18.2 Å². The van der Waals surface area contributed by atoms with E-state index in [4.69, 9.17) is 9.15 Å². The number of nitrogens with zero attached hydrogens (tertiary/aromatic N) is 1. The summed E-state index contributed by atoms with van der Waals surface area (Å²) in [4.78, 5) is 16.8. The second-order valence-corrected chi connectivity index (χ2v) is 5.97. The van der Waals surface area contributed by atoms with E-state index < -0.39 is 5.91 Å². The summed E-state index contributed by atoms with van der Waals surface area (Å²) in [7, 11) is 1.59. The number of fused-ring (bicyclic) bond motifs is 2. The van der Waals surface area contributed by atoms with Gasteiger partial charge >= 0.3 is 0 Å². The number of amides is 1. The molecule has 0 aliphatic rings. The highest BCUT2D eigenvalue weighted by molar-refractivity contribution is 6.05. The number of aromatic nitrogens is 1. The Kier molecular flexibility index (Phi) is 3.80. The molecule has 0 atom stereocenters. The van der Waals surface area contributed by atoms with Crippen LogP contribution < -0.4 is 10.1 Å². The summed E-state index contributed by atoms with van der Waals surface area (Å²) < 4.78 is 24.4. The zero-order valence-corrected chi connectivity index (χ0v) is 14.2. The number of hydrogen-bond acceptors (Lipinski definition) is 4. The zero-order chi connectivity index (χ0) is 18.3. The Labute approximate surface area is 148 Å². The Bertz CT molecular complexity index is 1150. The quantitative estimate of drug-likeness (QED) is 0.582. The molecule has 2 aromatic carbocycles. The molecule has 1 N–H and O–H groups in total. The van der Waals surface area contributed by atoms with E-state index in [9.17, 15) is 9.18 Å². The molecule has 1 amide bonds. The van der Waals surface area contributed by atoms with Crippen molar-refractivity contribution in [2.45, 2.75) is 6.92 Å². The maximum Gasteiger partial charge on any atom is 0.291 e. The van der Waals surface area contributed by atoms with Gasteiger partial charge in [0.1, 0.15) is 11.6 Å². The van der Waals surface area contributed by atoms with Crippen LogP contribution in [-0.4, -0.2) is 18.0 Å². The predicted molar refractivity (Wildman–Crippen MR) is 97.2 cm³/mol. The maximum absolute atomic E-state index is 13.6. The molecule has 0 aliphatic heterocycles. The van der Waals surface area contributed by atoms with E-state index in [0.29, 0.717) is 33.6 Å². The number of halogens is 1. The third-order valence-electron chi connectivity index (χ3n) is 4.16. The summed E-state index contributed by atoms with van der Waals surface area (Å²) in [5.41, 5.74) is 1.93. The fourth-order valence-corrected chi connectivity index (χ4v) is 2.71. The third-order valence-corrected chi connectivity index (χ3v) is 4.16. The Hall–Kier alpha value is -3.41. The number of hydrogen-bond donors (Lipinski definition) is 1. The van der Waals surface area contributed by atoms with Crippen LogP contribution in [0.3, 0.4) is 0 Å². The van der Waals surface area contributed by atoms with Gasteiger partial charge in [0.25, 0.3) is 5.91 Å². The van der Waals surface area contributed by atoms with Crippen molar-refractivity contribution < 1.29 is 18.3 Å². The molecule has 4 aromatic rings. The van der Waals surface area contributed by atoms with Crippen LogP contribution in [-0.2, 0) is 0 Å². The topological polar surface area (TPSA) is 64.4 Å². The van der Waals surface area contributed by atoms with Crippen LogP contribution in [0.4, 0.5) is 10.1 Å². The van der Waals surface area contributed by atoms with Crippen LogP contribution in [0.5, 0.6) is 5.75 Å². The van der Waals surface area contributed by atoms with Crippen LogP contribution in [0.2, 0.25) is 0 Å². The average molecular weight is 350 g/mol. The molecule has 5 nitrogen and oxygen atoms in total. The van der Waals surface area contributed by atoms with Gasteiger partial charge in [-0.2, -0.15) is 0 Å². The Balaban J connectivity index is 1.68. The van der Waals surface area contributed by atoms with E-state index in [0.717, 1.165) is 5.39 Å². The maximum atomic E-state index is 13.6. The number of aryl methyl sites for hydroxylation is 1. The fraction of sp³-hybridized carbons (Fsp3) is 0.100. The lowest BCUT2D eigenvalue weighted by Crippen LogP contribution is -2.11. The second kappa shape index (κ2) is 6.15. The normalized spacial score (nSPS) is 11.0. The Morgan fingerprint density at radius 3 is 2.73 bits per heavy atom. The number of methoxy groups -OCH3 is 1. The number of pyridine rings is 1. The van der Waals surface area contributed by atoms with Gasteiger partial charge in [-0.15, -0.1) is 0 Å². The molecule has 0 saturated heterocycles. The number of carbonyl (C=O) groups excluding carboxylic acids is 1.